The maximum absolute atomic E-state index is 11.8. The second-order valence-corrected chi connectivity index (χ2v) is 7.95. The van der Waals surface area contributed by atoms with Crippen LogP contribution in [0.1, 0.15) is 16.7 Å². The summed E-state index contributed by atoms with van der Waals surface area (Å²) >= 11 is 0. The van der Waals surface area contributed by atoms with E-state index in [9.17, 15) is 10.1 Å². The molecule has 176 valence electrons. The van der Waals surface area contributed by atoms with Gasteiger partial charge in [-0.15, -0.1) is 0 Å². The number of hydrogen-bond acceptors (Lipinski definition) is 6. The largest absolute Gasteiger partial charge is 0.486 e. The van der Waals surface area contributed by atoms with Gasteiger partial charge in [-0.2, -0.15) is 0 Å². The average molecular weight is 462 g/mol. The van der Waals surface area contributed by atoms with Crippen molar-refractivity contribution < 1.29 is 23.9 Å². The normalized spacial score (nSPS) is 19.8. The summed E-state index contributed by atoms with van der Waals surface area (Å²) in [5.41, 5.74) is 2.72. The summed E-state index contributed by atoms with van der Waals surface area (Å²) in [7, 11) is 0. The van der Waals surface area contributed by atoms with Gasteiger partial charge in [-0.05, 0) is 16.7 Å². The van der Waals surface area contributed by atoms with E-state index in [1.165, 1.54) is 0 Å². The third-order valence-electron chi connectivity index (χ3n) is 5.48. The van der Waals surface area contributed by atoms with Crippen LogP contribution in [0.5, 0.6) is 0 Å². The van der Waals surface area contributed by atoms with Crippen LogP contribution in [-0.4, -0.2) is 29.8 Å². The fraction of sp³-hybridized carbons (Fsp3) is 0.259. The first-order chi connectivity index (χ1) is 16.7. The van der Waals surface area contributed by atoms with Gasteiger partial charge >= 0.3 is 5.70 Å². The molecule has 0 spiro atoms. The zero-order valence-electron chi connectivity index (χ0n) is 18.7. The molecule has 0 unspecified atom stereocenters. The minimum absolute atomic E-state index is 0.173. The van der Waals surface area contributed by atoms with Gasteiger partial charge in [0.25, 0.3) is 0 Å². The van der Waals surface area contributed by atoms with Crippen LogP contribution in [0, 0.1) is 10.1 Å². The van der Waals surface area contributed by atoms with Crippen LogP contribution < -0.4 is 0 Å². The minimum Gasteiger partial charge on any atom is -0.486 e. The van der Waals surface area contributed by atoms with Crippen molar-refractivity contribution in [2.75, 3.05) is 6.61 Å². The fourth-order valence-electron chi connectivity index (χ4n) is 3.71. The van der Waals surface area contributed by atoms with Crippen molar-refractivity contribution in [3.63, 3.8) is 0 Å². The predicted molar refractivity (Wildman–Crippen MR) is 126 cm³/mol. The molecule has 0 bridgehead atoms. The van der Waals surface area contributed by atoms with Crippen LogP contribution in [0.15, 0.2) is 103 Å². The highest BCUT2D eigenvalue weighted by atomic mass is 16.6. The molecular formula is C27H27NO6. The van der Waals surface area contributed by atoms with E-state index >= 15 is 0 Å². The van der Waals surface area contributed by atoms with Crippen molar-refractivity contribution in [3.05, 3.63) is 130 Å². The summed E-state index contributed by atoms with van der Waals surface area (Å²) in [6.45, 7) is 1.06. The second-order valence-electron chi connectivity index (χ2n) is 7.95. The van der Waals surface area contributed by atoms with Gasteiger partial charge in [-0.25, -0.2) is 0 Å². The standard InChI is InChI=1S/C27H27NO6/c29-28(30)24-19-32-25(20-31-16-21-10-4-1-5-11-21)27(34-18-23-14-8-3-9-15-23)26(24)33-17-22-12-6-2-7-13-22/h1-15,19,25-27H,16-18,20H2/t25-,26-,27+/m0/s1. The number of benzene rings is 3. The molecule has 7 heteroatoms. The topological polar surface area (TPSA) is 80.1 Å². The van der Waals surface area contributed by atoms with E-state index in [2.05, 4.69) is 0 Å². The quantitative estimate of drug-likeness (QED) is 0.299. The highest BCUT2D eigenvalue weighted by Crippen LogP contribution is 2.27. The summed E-state index contributed by atoms with van der Waals surface area (Å²) < 4.78 is 23.9. The molecule has 0 saturated carbocycles. The molecule has 0 aliphatic carbocycles. The Hall–Kier alpha value is -3.52. The van der Waals surface area contributed by atoms with Crippen molar-refractivity contribution in [3.8, 4) is 0 Å². The highest BCUT2D eigenvalue weighted by molar-refractivity contribution is 5.16. The first-order valence-corrected chi connectivity index (χ1v) is 11.1. The van der Waals surface area contributed by atoms with Crippen LogP contribution in [-0.2, 0) is 38.8 Å². The van der Waals surface area contributed by atoms with Crippen LogP contribution in [0.4, 0.5) is 0 Å². The summed E-state index contributed by atoms with van der Waals surface area (Å²) in [4.78, 5) is 11.3. The Morgan fingerprint density at radius 2 is 1.24 bits per heavy atom. The van der Waals surface area contributed by atoms with Gasteiger partial charge in [-0.3, -0.25) is 10.1 Å². The molecule has 0 saturated heterocycles. The molecule has 3 atom stereocenters. The maximum Gasteiger partial charge on any atom is 0.311 e. The average Bonchev–Trinajstić information content (AvgIpc) is 2.88. The molecule has 0 fully saturated rings. The van der Waals surface area contributed by atoms with E-state index in [4.69, 9.17) is 18.9 Å². The lowest BCUT2D eigenvalue weighted by Gasteiger charge is -2.34. The van der Waals surface area contributed by atoms with E-state index in [0.29, 0.717) is 6.61 Å². The molecular weight excluding hydrogens is 434 g/mol. The third kappa shape index (κ3) is 6.51. The summed E-state index contributed by atoms with van der Waals surface area (Å²) in [5.74, 6) is 0. The molecule has 0 N–H and O–H groups in total. The van der Waals surface area contributed by atoms with Gasteiger partial charge in [0.1, 0.15) is 6.10 Å². The Morgan fingerprint density at radius 1 is 0.735 bits per heavy atom. The van der Waals surface area contributed by atoms with Gasteiger partial charge in [0.2, 0.25) is 0 Å². The van der Waals surface area contributed by atoms with E-state index in [1.54, 1.807) is 0 Å². The molecule has 0 radical (unpaired) electrons. The number of hydrogen-bond donors (Lipinski definition) is 0. The van der Waals surface area contributed by atoms with Gasteiger partial charge in [-0.1, -0.05) is 91.0 Å². The SMILES string of the molecule is O=[N+]([O-])C1=CO[C@@H](COCc2ccccc2)[C@@H](OCc2ccccc2)[C@H]1OCc1ccccc1. The van der Waals surface area contributed by atoms with Crippen LogP contribution >= 0.6 is 0 Å². The third-order valence-corrected chi connectivity index (χ3v) is 5.48. The molecule has 1 aliphatic rings. The van der Waals surface area contributed by atoms with Crippen LogP contribution in [0.25, 0.3) is 0 Å². The number of nitro groups is 1. The van der Waals surface area contributed by atoms with Crippen molar-refractivity contribution >= 4 is 0 Å². The molecule has 4 rings (SSSR count). The molecule has 0 aromatic heterocycles. The fourth-order valence-corrected chi connectivity index (χ4v) is 3.71. The summed E-state index contributed by atoms with van der Waals surface area (Å²) in [6.07, 6.45) is -1.06. The predicted octanol–water partition coefficient (Wildman–Crippen LogP) is 4.89. The molecule has 1 heterocycles. The Bertz CT molecular complexity index is 1060. The lowest BCUT2D eigenvalue weighted by molar-refractivity contribution is -0.447. The zero-order valence-corrected chi connectivity index (χ0v) is 18.7. The van der Waals surface area contributed by atoms with Crippen LogP contribution in [0.3, 0.4) is 0 Å². The monoisotopic (exact) mass is 461 g/mol. The smallest absolute Gasteiger partial charge is 0.311 e. The Morgan fingerprint density at radius 3 is 1.76 bits per heavy atom. The number of rotatable bonds is 11. The summed E-state index contributed by atoms with van der Waals surface area (Å²) in [5, 5.41) is 11.8. The zero-order chi connectivity index (χ0) is 23.6. The van der Waals surface area contributed by atoms with Gasteiger partial charge in [0.05, 0.1) is 31.4 Å². The maximum atomic E-state index is 11.8. The lowest BCUT2D eigenvalue weighted by atomic mass is 10.0. The second kappa shape index (κ2) is 12.1. The molecule has 0 amide bonds. The molecule has 34 heavy (non-hydrogen) atoms. The van der Waals surface area contributed by atoms with E-state index in [-0.39, 0.29) is 25.5 Å². The summed E-state index contributed by atoms with van der Waals surface area (Å²) in [6, 6.07) is 29.0. The Labute approximate surface area is 198 Å². The molecule has 3 aromatic carbocycles. The first kappa shape index (κ1) is 23.6. The Balaban J connectivity index is 1.50. The van der Waals surface area contributed by atoms with Gasteiger partial charge < -0.3 is 18.9 Å². The van der Waals surface area contributed by atoms with Gasteiger partial charge in [0, 0.05) is 0 Å². The lowest BCUT2D eigenvalue weighted by Crippen LogP contribution is -2.49. The molecule has 7 nitrogen and oxygen atoms in total. The van der Waals surface area contributed by atoms with Crippen molar-refractivity contribution in [2.24, 2.45) is 0 Å². The van der Waals surface area contributed by atoms with Gasteiger partial charge in [0.15, 0.2) is 18.5 Å². The number of ether oxygens (including phenoxy) is 4. The molecule has 3 aromatic rings. The van der Waals surface area contributed by atoms with E-state index in [1.807, 2.05) is 91.0 Å². The number of nitrogens with zero attached hydrogens (tertiary/aromatic N) is 1. The molecule has 1 aliphatic heterocycles. The van der Waals surface area contributed by atoms with E-state index < -0.39 is 23.2 Å². The highest BCUT2D eigenvalue weighted by Gasteiger charge is 2.44. The van der Waals surface area contributed by atoms with Crippen molar-refractivity contribution in [1.29, 1.82) is 0 Å². The first-order valence-electron chi connectivity index (χ1n) is 11.1. The minimum atomic E-state index is -0.919. The van der Waals surface area contributed by atoms with Crippen molar-refractivity contribution in [2.45, 2.75) is 38.1 Å². The Kier molecular flexibility index (Phi) is 8.40. The van der Waals surface area contributed by atoms with E-state index in [0.717, 1.165) is 23.0 Å². The van der Waals surface area contributed by atoms with Crippen molar-refractivity contribution in [1.82, 2.24) is 0 Å². The van der Waals surface area contributed by atoms with Crippen LogP contribution in [0.2, 0.25) is 0 Å².